The fraction of sp³-hybridized carbons (Fsp3) is 0.625. The molecule has 14 heteroatoms. The molecule has 0 aromatic heterocycles. The molecule has 0 bridgehead atoms. The Hall–Kier alpha value is -3.31. The Balaban J connectivity index is 1.08. The number of ketones is 3. The zero-order valence-electron chi connectivity index (χ0n) is 31.5. The van der Waals surface area contributed by atoms with Gasteiger partial charge in [-0.05, 0) is 59.0 Å². The van der Waals surface area contributed by atoms with Crippen molar-refractivity contribution in [2.24, 2.45) is 0 Å². The molecule has 294 valence electrons. The molecule has 14 nitrogen and oxygen atoms in total. The quantitative estimate of drug-likeness (QED) is 0.262. The van der Waals surface area contributed by atoms with Crippen LogP contribution < -0.4 is 0 Å². The number of hydrogen-bond acceptors (Lipinski definition) is 14. The van der Waals surface area contributed by atoms with Crippen LogP contribution >= 0.6 is 0 Å². The molecule has 3 aliphatic heterocycles. The highest BCUT2D eigenvalue weighted by Gasteiger charge is 2.48. The molecule has 2 aromatic rings. The molecule has 0 saturated carbocycles. The van der Waals surface area contributed by atoms with Crippen LogP contribution in [0.25, 0.3) is 0 Å². The van der Waals surface area contributed by atoms with Gasteiger partial charge >= 0.3 is 0 Å². The molecular weight excluding hydrogens is 702 g/mol. The smallest absolute Gasteiger partial charge is 0.201 e. The van der Waals surface area contributed by atoms with Gasteiger partial charge in [-0.25, -0.2) is 0 Å². The minimum Gasteiger partial charge on any atom is -0.507 e. The maximum atomic E-state index is 13.7. The van der Waals surface area contributed by atoms with Crippen molar-refractivity contribution in [3.63, 3.8) is 0 Å². The van der Waals surface area contributed by atoms with Crippen molar-refractivity contribution in [2.45, 2.75) is 146 Å². The van der Waals surface area contributed by atoms with Gasteiger partial charge in [0.15, 0.2) is 30.4 Å². The van der Waals surface area contributed by atoms with E-state index in [2.05, 4.69) is 0 Å². The number of phenols is 2. The molecular formula is C40H51NO13. The lowest BCUT2D eigenvalue weighted by atomic mass is 9.73. The molecule has 0 amide bonds. The van der Waals surface area contributed by atoms with Crippen LogP contribution in [-0.2, 0) is 39.6 Å². The van der Waals surface area contributed by atoms with Crippen LogP contribution in [0.1, 0.15) is 115 Å². The molecule has 0 radical (unpaired) electrons. The summed E-state index contributed by atoms with van der Waals surface area (Å²) in [6.45, 7) is 7.19. The SMILES string of the molecule is CC[C@]1(O)Cc2cc3c(c(O)c2[C@@H](O[C@H]2C[C@H](N(C)C)[C@H](OC4C[C@H](O)[C@@H](O[C@H]5CCC(=O)[C@@H](C)O5)[C@H](C)O4)[C@H](C)O2)C1)C(=O)c1c(O)cccc1C3=O. The third-order valence-electron chi connectivity index (χ3n) is 11.8. The first kappa shape index (κ1) is 38.9. The molecule has 54 heavy (non-hydrogen) atoms. The lowest BCUT2D eigenvalue weighted by Crippen LogP contribution is -2.58. The van der Waals surface area contributed by atoms with Crippen molar-refractivity contribution in [3.05, 3.63) is 57.6 Å². The number of carbonyl (C=O) groups is 3. The molecule has 3 heterocycles. The summed E-state index contributed by atoms with van der Waals surface area (Å²) in [6, 6.07) is 5.59. The van der Waals surface area contributed by atoms with Crippen LogP contribution in [0, 0.1) is 0 Å². The zero-order valence-corrected chi connectivity index (χ0v) is 31.5. The van der Waals surface area contributed by atoms with Crippen LogP contribution in [0.5, 0.6) is 11.5 Å². The van der Waals surface area contributed by atoms with Gasteiger partial charge in [0.2, 0.25) is 5.78 Å². The third kappa shape index (κ3) is 7.12. The first-order valence-corrected chi connectivity index (χ1v) is 18.9. The lowest BCUT2D eigenvalue weighted by Gasteiger charge is -2.47. The van der Waals surface area contributed by atoms with Crippen molar-refractivity contribution in [1.82, 2.24) is 4.90 Å². The Morgan fingerprint density at radius 3 is 2.22 bits per heavy atom. The maximum absolute atomic E-state index is 13.7. The summed E-state index contributed by atoms with van der Waals surface area (Å²) >= 11 is 0. The number of Topliss-reactive ketones (excluding diaryl/α,β-unsaturated/α-hetero) is 1. The lowest BCUT2D eigenvalue weighted by molar-refractivity contribution is -0.324. The van der Waals surface area contributed by atoms with Gasteiger partial charge in [-0.2, -0.15) is 0 Å². The van der Waals surface area contributed by atoms with Gasteiger partial charge in [0.05, 0.1) is 41.1 Å². The van der Waals surface area contributed by atoms with E-state index in [0.717, 1.165) is 0 Å². The fourth-order valence-corrected chi connectivity index (χ4v) is 8.73. The van der Waals surface area contributed by atoms with Crippen LogP contribution in [-0.4, -0.2) is 124 Å². The molecule has 3 saturated heterocycles. The summed E-state index contributed by atoms with van der Waals surface area (Å²) in [4.78, 5) is 41.2. The van der Waals surface area contributed by atoms with E-state index in [1.807, 2.05) is 32.8 Å². The fourth-order valence-electron chi connectivity index (χ4n) is 8.73. The number of aliphatic hydroxyl groups excluding tert-OH is 1. The molecule has 12 atom stereocenters. The maximum Gasteiger partial charge on any atom is 0.201 e. The van der Waals surface area contributed by atoms with Gasteiger partial charge in [0.1, 0.15) is 29.8 Å². The van der Waals surface area contributed by atoms with Gasteiger partial charge in [-0.1, -0.05) is 19.1 Å². The van der Waals surface area contributed by atoms with E-state index in [0.29, 0.717) is 36.8 Å². The van der Waals surface area contributed by atoms with Gasteiger partial charge < -0.3 is 53.7 Å². The third-order valence-corrected chi connectivity index (χ3v) is 11.8. The van der Waals surface area contributed by atoms with Crippen LogP contribution in [0.4, 0.5) is 0 Å². The first-order valence-electron chi connectivity index (χ1n) is 18.9. The minimum atomic E-state index is -1.22. The Morgan fingerprint density at radius 2 is 1.56 bits per heavy atom. The van der Waals surface area contributed by atoms with E-state index < -0.39 is 84.5 Å². The number of nitrogens with zero attached hydrogens (tertiary/aromatic N) is 1. The summed E-state index contributed by atoms with van der Waals surface area (Å²) < 4.78 is 37.5. The number of benzene rings is 2. The van der Waals surface area contributed by atoms with Crippen LogP contribution in [0.3, 0.4) is 0 Å². The number of hydrogen-bond donors (Lipinski definition) is 4. The summed E-state index contributed by atoms with van der Waals surface area (Å²) in [7, 11) is 3.82. The summed E-state index contributed by atoms with van der Waals surface area (Å²) in [6.07, 6.45) is -4.99. The van der Waals surface area contributed by atoms with E-state index in [9.17, 15) is 34.8 Å². The molecule has 3 fully saturated rings. The van der Waals surface area contributed by atoms with Gasteiger partial charge in [0.25, 0.3) is 0 Å². The Bertz CT molecular complexity index is 1780. The average Bonchev–Trinajstić information content (AvgIpc) is 3.10. The highest BCUT2D eigenvalue weighted by molar-refractivity contribution is 6.30. The molecule has 1 unspecified atom stereocenters. The van der Waals surface area contributed by atoms with Crippen molar-refractivity contribution >= 4 is 17.3 Å². The Kier molecular flexibility index (Phi) is 10.8. The number of likely N-dealkylation sites (N-methyl/N-ethyl adjacent to an activating group) is 1. The average molecular weight is 754 g/mol. The van der Waals surface area contributed by atoms with Gasteiger partial charge in [-0.3, -0.25) is 14.4 Å². The zero-order chi connectivity index (χ0) is 38.8. The second kappa shape index (κ2) is 15.0. The van der Waals surface area contributed by atoms with Gasteiger partial charge in [0, 0.05) is 61.3 Å². The summed E-state index contributed by atoms with van der Waals surface area (Å²) in [5.41, 5.74) is -0.723. The first-order chi connectivity index (χ1) is 25.6. The van der Waals surface area contributed by atoms with E-state index in [1.54, 1.807) is 19.9 Å². The Labute approximate surface area is 314 Å². The number of aromatic hydroxyl groups is 2. The van der Waals surface area contributed by atoms with Crippen LogP contribution in [0.15, 0.2) is 24.3 Å². The predicted molar refractivity (Wildman–Crippen MR) is 190 cm³/mol. The number of carbonyl (C=O) groups excluding carboxylic acids is 3. The minimum absolute atomic E-state index is 0.0133. The highest BCUT2D eigenvalue weighted by Crippen LogP contribution is 2.49. The molecule has 2 aromatic carbocycles. The van der Waals surface area contributed by atoms with Crippen molar-refractivity contribution in [3.8, 4) is 11.5 Å². The molecule has 5 aliphatic rings. The summed E-state index contributed by atoms with van der Waals surface area (Å²) in [5, 5.41) is 45.1. The number of aliphatic hydroxyl groups is 2. The standard InChI is InChI=1S/C40H51NO13/c1-7-40(48)16-21-13-23-34(37(47)33-22(35(23)45)9-8-10-26(33)43)36(46)32(21)28(17-40)52-30-14-24(41(5)6)38(19(3)50-30)54-31-15-27(44)39(20(4)51-31)53-29-12-11-25(42)18(2)49-29/h8-10,13,18-20,24,27-31,38-39,43-44,46,48H,7,11-12,14-17H2,1-6H3/t18-,19+,20+,24+,27+,28+,29+,30+,31?,38-,39+,40+/m1/s1. The van der Waals surface area contributed by atoms with E-state index in [-0.39, 0.29) is 59.1 Å². The molecule has 7 rings (SSSR count). The monoisotopic (exact) mass is 753 g/mol. The number of phenolic OH excluding ortho intramolecular Hbond substituents is 2. The number of ether oxygens (including phenoxy) is 6. The number of fused-ring (bicyclic) bond motifs is 3. The molecule has 4 N–H and O–H groups in total. The van der Waals surface area contributed by atoms with Crippen molar-refractivity contribution in [2.75, 3.05) is 14.1 Å². The van der Waals surface area contributed by atoms with Crippen molar-refractivity contribution in [1.29, 1.82) is 0 Å². The van der Waals surface area contributed by atoms with E-state index in [1.165, 1.54) is 18.2 Å². The van der Waals surface area contributed by atoms with Crippen molar-refractivity contribution < 1.29 is 63.2 Å². The normalized spacial score (nSPS) is 36.8. The highest BCUT2D eigenvalue weighted by atomic mass is 16.7. The second-order valence-corrected chi connectivity index (χ2v) is 15.7. The number of rotatable bonds is 8. The topological polar surface area (TPSA) is 191 Å². The molecule has 0 spiro atoms. The van der Waals surface area contributed by atoms with E-state index in [4.69, 9.17) is 28.4 Å². The van der Waals surface area contributed by atoms with Crippen LogP contribution in [0.2, 0.25) is 0 Å². The summed E-state index contributed by atoms with van der Waals surface area (Å²) in [5.74, 6) is -1.91. The van der Waals surface area contributed by atoms with E-state index >= 15 is 0 Å². The second-order valence-electron chi connectivity index (χ2n) is 15.7. The van der Waals surface area contributed by atoms with Gasteiger partial charge in [-0.15, -0.1) is 0 Å². The largest absolute Gasteiger partial charge is 0.507 e. The molecule has 2 aliphatic carbocycles. The predicted octanol–water partition coefficient (Wildman–Crippen LogP) is 3.44. The Morgan fingerprint density at radius 1 is 0.870 bits per heavy atom.